The Hall–Kier alpha value is -2.72. The van der Waals surface area contributed by atoms with Crippen molar-refractivity contribution in [3.8, 4) is 0 Å². The standard InChI is InChI=1S/C26H32BrN3O5S/c1-18(26(33)28-23-11-4-5-12-23)29(16-20-8-6-10-22(27)14-20)25(32)17-30(36(3,34)35)24-13-7-9-21(15-24)19(2)31/h6-10,13-15,18,23H,4-5,11-12,16-17H2,1-3H3,(H,28,33)/t18-/m1/s1. The summed E-state index contributed by atoms with van der Waals surface area (Å²) < 4.78 is 27.2. The number of halogens is 1. The zero-order chi connectivity index (χ0) is 26.5. The highest BCUT2D eigenvalue weighted by Gasteiger charge is 2.31. The summed E-state index contributed by atoms with van der Waals surface area (Å²) in [4.78, 5) is 40.0. The molecular formula is C26H32BrN3O5S. The first-order valence-corrected chi connectivity index (χ1v) is 14.5. The second kappa shape index (κ2) is 12.0. The molecule has 0 heterocycles. The first-order chi connectivity index (χ1) is 17.0. The second-order valence-corrected chi connectivity index (χ2v) is 12.0. The van der Waals surface area contributed by atoms with Crippen molar-refractivity contribution < 1.29 is 22.8 Å². The second-order valence-electron chi connectivity index (χ2n) is 9.19. The van der Waals surface area contributed by atoms with Gasteiger partial charge >= 0.3 is 0 Å². The molecule has 8 nitrogen and oxygen atoms in total. The van der Waals surface area contributed by atoms with Gasteiger partial charge in [0.05, 0.1) is 11.9 Å². The summed E-state index contributed by atoms with van der Waals surface area (Å²) in [7, 11) is -3.87. The van der Waals surface area contributed by atoms with E-state index in [-0.39, 0.29) is 30.0 Å². The Labute approximate surface area is 221 Å². The molecule has 0 saturated heterocycles. The van der Waals surface area contributed by atoms with E-state index in [0.717, 1.165) is 46.3 Å². The maximum absolute atomic E-state index is 13.6. The van der Waals surface area contributed by atoms with Gasteiger partial charge in [0, 0.05) is 22.6 Å². The van der Waals surface area contributed by atoms with Crippen molar-refractivity contribution in [1.29, 1.82) is 0 Å². The monoisotopic (exact) mass is 577 g/mol. The van der Waals surface area contributed by atoms with Crippen LogP contribution < -0.4 is 9.62 Å². The van der Waals surface area contributed by atoms with Gasteiger partial charge in [-0.05, 0) is 56.5 Å². The molecule has 1 atom stereocenters. The van der Waals surface area contributed by atoms with Crippen molar-refractivity contribution in [3.63, 3.8) is 0 Å². The van der Waals surface area contributed by atoms with Crippen LogP contribution in [0.2, 0.25) is 0 Å². The van der Waals surface area contributed by atoms with Crippen LogP contribution in [-0.4, -0.2) is 55.8 Å². The van der Waals surface area contributed by atoms with Gasteiger partial charge < -0.3 is 10.2 Å². The highest BCUT2D eigenvalue weighted by molar-refractivity contribution is 9.10. The van der Waals surface area contributed by atoms with Crippen LogP contribution in [0.4, 0.5) is 5.69 Å². The fourth-order valence-electron chi connectivity index (χ4n) is 4.30. The summed E-state index contributed by atoms with van der Waals surface area (Å²) in [6.07, 6.45) is 4.94. The van der Waals surface area contributed by atoms with Crippen LogP contribution in [0.25, 0.3) is 0 Å². The minimum atomic E-state index is -3.87. The molecule has 36 heavy (non-hydrogen) atoms. The number of carbonyl (C=O) groups is 3. The third kappa shape index (κ3) is 7.39. The van der Waals surface area contributed by atoms with E-state index in [1.54, 1.807) is 19.1 Å². The number of carbonyl (C=O) groups excluding carboxylic acids is 3. The van der Waals surface area contributed by atoms with Gasteiger partial charge in [0.25, 0.3) is 0 Å². The molecule has 0 aliphatic heterocycles. The van der Waals surface area contributed by atoms with Crippen LogP contribution in [-0.2, 0) is 26.2 Å². The Morgan fingerprint density at radius 2 is 1.75 bits per heavy atom. The van der Waals surface area contributed by atoms with E-state index in [0.29, 0.717) is 5.56 Å². The molecule has 1 N–H and O–H groups in total. The van der Waals surface area contributed by atoms with E-state index < -0.39 is 28.5 Å². The Kier molecular flexibility index (Phi) is 9.30. The molecule has 0 bridgehead atoms. The van der Waals surface area contributed by atoms with Crippen molar-refractivity contribution in [2.75, 3.05) is 17.1 Å². The first kappa shape index (κ1) is 27.9. The number of ketones is 1. The lowest BCUT2D eigenvalue weighted by atomic mass is 10.1. The zero-order valence-corrected chi connectivity index (χ0v) is 23.1. The quantitative estimate of drug-likeness (QED) is 0.431. The molecule has 0 spiro atoms. The molecule has 194 valence electrons. The number of nitrogens with one attached hydrogen (secondary N) is 1. The molecule has 3 rings (SSSR count). The molecule has 2 aromatic carbocycles. The lowest BCUT2D eigenvalue weighted by Crippen LogP contribution is -2.52. The van der Waals surface area contributed by atoms with Crippen LogP contribution in [0.3, 0.4) is 0 Å². The van der Waals surface area contributed by atoms with Gasteiger partial charge in [-0.2, -0.15) is 0 Å². The molecule has 2 aromatic rings. The number of amides is 2. The zero-order valence-electron chi connectivity index (χ0n) is 20.7. The van der Waals surface area contributed by atoms with Gasteiger partial charge in [-0.25, -0.2) is 8.42 Å². The summed E-state index contributed by atoms with van der Waals surface area (Å²) in [5, 5.41) is 3.03. The molecule has 0 unspecified atom stereocenters. The molecule has 0 aromatic heterocycles. The number of hydrogen-bond acceptors (Lipinski definition) is 5. The Bertz CT molecular complexity index is 1230. The lowest BCUT2D eigenvalue weighted by Gasteiger charge is -2.32. The van der Waals surface area contributed by atoms with Crippen molar-refractivity contribution in [2.24, 2.45) is 0 Å². The fourth-order valence-corrected chi connectivity index (χ4v) is 5.59. The maximum atomic E-state index is 13.6. The van der Waals surface area contributed by atoms with Crippen LogP contribution >= 0.6 is 15.9 Å². The number of nitrogens with zero attached hydrogens (tertiary/aromatic N) is 2. The smallest absolute Gasteiger partial charge is 0.244 e. The Morgan fingerprint density at radius 1 is 1.08 bits per heavy atom. The lowest BCUT2D eigenvalue weighted by molar-refractivity contribution is -0.139. The summed E-state index contributed by atoms with van der Waals surface area (Å²) in [6, 6.07) is 12.8. The minimum Gasteiger partial charge on any atom is -0.352 e. The van der Waals surface area contributed by atoms with Gasteiger partial charge in [-0.1, -0.05) is 53.0 Å². The number of sulfonamides is 1. The number of hydrogen-bond donors (Lipinski definition) is 1. The number of benzene rings is 2. The molecule has 1 aliphatic carbocycles. The molecule has 0 radical (unpaired) electrons. The number of rotatable bonds is 10. The largest absolute Gasteiger partial charge is 0.352 e. The number of anilines is 1. The molecule has 10 heteroatoms. The van der Waals surface area contributed by atoms with E-state index in [4.69, 9.17) is 0 Å². The first-order valence-electron chi connectivity index (χ1n) is 11.9. The maximum Gasteiger partial charge on any atom is 0.244 e. The molecule has 2 amide bonds. The van der Waals surface area contributed by atoms with E-state index in [1.165, 1.54) is 24.0 Å². The van der Waals surface area contributed by atoms with Gasteiger partial charge in [0.1, 0.15) is 12.6 Å². The van der Waals surface area contributed by atoms with Crippen molar-refractivity contribution >= 4 is 49.2 Å². The average Bonchev–Trinajstić information content (AvgIpc) is 3.32. The van der Waals surface area contributed by atoms with Crippen LogP contribution in [0.15, 0.2) is 53.0 Å². The summed E-state index contributed by atoms with van der Waals surface area (Å²) in [6.45, 7) is 2.67. The SMILES string of the molecule is CC(=O)c1cccc(N(CC(=O)N(Cc2cccc(Br)c2)[C@H](C)C(=O)NC2CCCC2)S(C)(=O)=O)c1. The highest BCUT2D eigenvalue weighted by atomic mass is 79.9. The van der Waals surface area contributed by atoms with Crippen molar-refractivity contribution in [2.45, 2.75) is 58.2 Å². The highest BCUT2D eigenvalue weighted by Crippen LogP contribution is 2.22. The van der Waals surface area contributed by atoms with Gasteiger partial charge in [-0.15, -0.1) is 0 Å². The molecule has 1 fully saturated rings. The predicted octanol–water partition coefficient (Wildman–Crippen LogP) is 3.89. The van der Waals surface area contributed by atoms with Crippen LogP contribution in [0.5, 0.6) is 0 Å². The van der Waals surface area contributed by atoms with Crippen LogP contribution in [0.1, 0.15) is 55.5 Å². The van der Waals surface area contributed by atoms with Gasteiger partial charge in [0.2, 0.25) is 21.8 Å². The summed E-state index contributed by atoms with van der Waals surface area (Å²) in [5.41, 5.74) is 1.34. The average molecular weight is 579 g/mol. The summed E-state index contributed by atoms with van der Waals surface area (Å²) >= 11 is 3.43. The topological polar surface area (TPSA) is 104 Å². The normalized spacial score (nSPS) is 14.8. The van der Waals surface area contributed by atoms with Gasteiger partial charge in [-0.3, -0.25) is 18.7 Å². The Morgan fingerprint density at radius 3 is 2.36 bits per heavy atom. The predicted molar refractivity (Wildman–Crippen MR) is 143 cm³/mol. The third-order valence-corrected chi connectivity index (χ3v) is 7.96. The molecular weight excluding hydrogens is 546 g/mol. The van der Waals surface area contributed by atoms with E-state index >= 15 is 0 Å². The third-order valence-electron chi connectivity index (χ3n) is 6.33. The van der Waals surface area contributed by atoms with E-state index in [2.05, 4.69) is 21.2 Å². The van der Waals surface area contributed by atoms with Crippen molar-refractivity contribution in [1.82, 2.24) is 10.2 Å². The fraction of sp³-hybridized carbons (Fsp3) is 0.423. The van der Waals surface area contributed by atoms with E-state index in [9.17, 15) is 22.8 Å². The van der Waals surface area contributed by atoms with E-state index in [1.807, 2.05) is 24.3 Å². The molecule has 1 aliphatic rings. The van der Waals surface area contributed by atoms with Crippen LogP contribution in [0, 0.1) is 0 Å². The van der Waals surface area contributed by atoms with Gasteiger partial charge in [0.15, 0.2) is 5.78 Å². The Balaban J connectivity index is 1.90. The minimum absolute atomic E-state index is 0.0876. The number of Topliss-reactive ketones (excluding diaryl/α,β-unsaturated/α-hetero) is 1. The van der Waals surface area contributed by atoms with Crippen molar-refractivity contribution in [3.05, 3.63) is 64.1 Å². The molecule has 1 saturated carbocycles. The summed E-state index contributed by atoms with van der Waals surface area (Å²) in [5.74, 6) is -1.01.